The summed E-state index contributed by atoms with van der Waals surface area (Å²) in [5.41, 5.74) is 3.70. The van der Waals surface area contributed by atoms with E-state index in [9.17, 15) is 9.18 Å². The Labute approximate surface area is 206 Å². The van der Waals surface area contributed by atoms with E-state index in [-0.39, 0.29) is 22.4 Å². The van der Waals surface area contributed by atoms with Crippen molar-refractivity contribution < 1.29 is 13.5 Å². The first kappa shape index (κ1) is 22.5. The molecule has 2 aromatic heterocycles. The Morgan fingerprint density at radius 2 is 1.86 bits per heavy atom. The molecule has 7 nitrogen and oxygen atoms in total. The van der Waals surface area contributed by atoms with Crippen LogP contribution in [0.1, 0.15) is 31.2 Å². The van der Waals surface area contributed by atoms with Crippen LogP contribution in [0.3, 0.4) is 0 Å². The molecule has 0 radical (unpaired) electrons. The second-order valence-corrected chi connectivity index (χ2v) is 9.28. The number of aryl methyl sites for hydroxylation is 1. The molecular formula is C28H26FN4O3+. The highest BCUT2D eigenvalue weighted by Crippen LogP contribution is 2.32. The lowest BCUT2D eigenvalue weighted by Crippen LogP contribution is -2.57. The van der Waals surface area contributed by atoms with E-state index >= 15 is 0 Å². The Hall–Kier alpha value is -3.91. The first-order chi connectivity index (χ1) is 17.5. The third-order valence-electron chi connectivity index (χ3n) is 7.04. The molecule has 2 aliphatic heterocycles. The summed E-state index contributed by atoms with van der Waals surface area (Å²) in [7, 11) is 0. The van der Waals surface area contributed by atoms with Crippen molar-refractivity contribution in [1.29, 1.82) is 0 Å². The summed E-state index contributed by atoms with van der Waals surface area (Å²) in [6.45, 7) is 8.84. The molecule has 6 rings (SSSR count). The van der Waals surface area contributed by atoms with Crippen LogP contribution in [0.5, 0.6) is 0 Å². The summed E-state index contributed by atoms with van der Waals surface area (Å²) in [6, 6.07) is 11.8. The Bertz CT molecular complexity index is 1710. The van der Waals surface area contributed by atoms with Crippen LogP contribution in [0.15, 0.2) is 58.0 Å². The van der Waals surface area contributed by atoms with Gasteiger partial charge in [0.15, 0.2) is 22.8 Å². The zero-order valence-corrected chi connectivity index (χ0v) is 20.4. The number of fused-ring (bicyclic) bond motifs is 2. The van der Waals surface area contributed by atoms with Crippen molar-refractivity contribution in [2.24, 2.45) is 0 Å². The highest BCUT2D eigenvalue weighted by atomic mass is 19.1. The first-order valence-corrected chi connectivity index (χ1v) is 12.1. The van der Waals surface area contributed by atoms with Gasteiger partial charge in [0.2, 0.25) is 11.8 Å². The van der Waals surface area contributed by atoms with Gasteiger partial charge in [-0.1, -0.05) is 35.9 Å². The van der Waals surface area contributed by atoms with Gasteiger partial charge in [0.25, 0.3) is 0 Å². The van der Waals surface area contributed by atoms with Crippen molar-refractivity contribution >= 4 is 22.5 Å². The maximum Gasteiger partial charge on any atom is 0.340 e. The molecule has 1 fully saturated rings. The summed E-state index contributed by atoms with van der Waals surface area (Å²) in [5.74, 6) is 0.778. The van der Waals surface area contributed by atoms with E-state index in [2.05, 4.69) is 19.4 Å². The van der Waals surface area contributed by atoms with Crippen LogP contribution in [0.25, 0.3) is 27.8 Å². The highest BCUT2D eigenvalue weighted by molar-refractivity contribution is 5.83. The van der Waals surface area contributed by atoms with Gasteiger partial charge in [-0.15, -0.1) is 0 Å². The molecule has 0 amide bonds. The number of anilines is 1. The molecule has 8 heteroatoms. The second-order valence-electron chi connectivity index (χ2n) is 9.28. The minimum atomic E-state index is -0.589. The zero-order valence-electron chi connectivity index (χ0n) is 20.4. The number of hydrogen-bond donors (Lipinski definition) is 0. The standard InChI is InChI=1S/C28H26FN4O3/c1-16-6-4-7-19(14-16)23-25(34)24-20(29)8-5-9-21(24)36-26(23)18(3)33-17(2)22-27(30-15-31-28(22)33)32-10-12-35-13-11-32/h4-9,14-15,18H,10-13H2,1-3H3/q+1. The quantitative estimate of drug-likeness (QED) is 0.414. The average Bonchev–Trinajstić information content (AvgIpc) is 2.88. The number of ether oxygens (including phenoxy) is 1. The number of morpholine rings is 1. The number of hydrogen-bond acceptors (Lipinski definition) is 6. The Balaban J connectivity index is 1.58. The fraction of sp³-hybridized carbons (Fsp3) is 0.286. The Morgan fingerprint density at radius 1 is 1.08 bits per heavy atom. The molecule has 4 heterocycles. The third-order valence-corrected chi connectivity index (χ3v) is 7.04. The maximum atomic E-state index is 14.8. The van der Waals surface area contributed by atoms with E-state index in [4.69, 9.17) is 9.15 Å². The molecule has 1 atom stereocenters. The van der Waals surface area contributed by atoms with Gasteiger partial charge in [0.05, 0.1) is 18.8 Å². The minimum absolute atomic E-state index is 0.0356. The summed E-state index contributed by atoms with van der Waals surface area (Å²) < 4.78 is 28.6. The lowest BCUT2D eigenvalue weighted by Gasteiger charge is -2.29. The molecule has 182 valence electrons. The minimum Gasteiger partial charge on any atom is -0.456 e. The average molecular weight is 486 g/mol. The Kier molecular flexibility index (Phi) is 5.41. The summed E-state index contributed by atoms with van der Waals surface area (Å²) >= 11 is 0. The van der Waals surface area contributed by atoms with Gasteiger partial charge in [-0.05, 0) is 43.5 Å². The van der Waals surface area contributed by atoms with Gasteiger partial charge in [-0.25, -0.2) is 8.97 Å². The molecular weight excluding hydrogens is 459 g/mol. The zero-order chi connectivity index (χ0) is 25.0. The highest BCUT2D eigenvalue weighted by Gasteiger charge is 2.35. The van der Waals surface area contributed by atoms with E-state index in [1.807, 2.05) is 45.0 Å². The second kappa shape index (κ2) is 8.64. The maximum absolute atomic E-state index is 14.8. The van der Waals surface area contributed by atoms with Gasteiger partial charge < -0.3 is 14.1 Å². The summed E-state index contributed by atoms with van der Waals surface area (Å²) in [4.78, 5) is 25.1. The van der Waals surface area contributed by atoms with Crippen LogP contribution >= 0.6 is 0 Å². The van der Waals surface area contributed by atoms with Crippen molar-refractivity contribution in [3.8, 4) is 11.1 Å². The summed E-state index contributed by atoms with van der Waals surface area (Å²) in [5, 5.41) is 0.962. The van der Waals surface area contributed by atoms with Crippen molar-refractivity contribution in [2.75, 3.05) is 31.2 Å². The van der Waals surface area contributed by atoms with Gasteiger partial charge in [0.1, 0.15) is 22.5 Å². The predicted molar refractivity (Wildman–Crippen MR) is 136 cm³/mol. The molecule has 4 aromatic rings. The van der Waals surface area contributed by atoms with Crippen molar-refractivity contribution in [3.05, 3.63) is 86.9 Å². The largest absolute Gasteiger partial charge is 0.456 e. The fourth-order valence-corrected chi connectivity index (χ4v) is 5.29. The molecule has 2 aliphatic rings. The number of halogens is 1. The predicted octanol–water partition coefficient (Wildman–Crippen LogP) is 2.93. The molecule has 0 aliphatic carbocycles. The molecule has 0 bridgehead atoms. The van der Waals surface area contributed by atoms with Crippen molar-refractivity contribution in [2.45, 2.75) is 26.8 Å². The van der Waals surface area contributed by atoms with E-state index in [1.165, 1.54) is 6.07 Å². The van der Waals surface area contributed by atoms with E-state index in [1.54, 1.807) is 18.5 Å². The lowest BCUT2D eigenvalue weighted by atomic mass is 9.97. The smallest absolute Gasteiger partial charge is 0.340 e. The SMILES string of the molecule is CC1=c2c(N3CCOCC3)ncnc2=[N+]1C(C)c1oc2cccc(F)c2c(=O)c1-c1cccc(C)c1. The number of aromatic nitrogens is 2. The van der Waals surface area contributed by atoms with Gasteiger partial charge in [-0.3, -0.25) is 4.79 Å². The number of rotatable bonds is 4. The summed E-state index contributed by atoms with van der Waals surface area (Å²) in [6.07, 6.45) is 1.57. The van der Waals surface area contributed by atoms with E-state index in [0.29, 0.717) is 30.1 Å². The van der Waals surface area contributed by atoms with Crippen LogP contribution in [-0.2, 0) is 4.74 Å². The van der Waals surface area contributed by atoms with Crippen LogP contribution in [0.4, 0.5) is 10.2 Å². The van der Waals surface area contributed by atoms with Crippen molar-refractivity contribution in [3.63, 3.8) is 0 Å². The van der Waals surface area contributed by atoms with Crippen LogP contribution < -0.4 is 25.6 Å². The fourth-order valence-electron chi connectivity index (χ4n) is 5.29. The van der Waals surface area contributed by atoms with Crippen LogP contribution in [0.2, 0.25) is 0 Å². The third kappa shape index (κ3) is 3.44. The molecule has 36 heavy (non-hydrogen) atoms. The monoisotopic (exact) mass is 485 g/mol. The van der Waals surface area contributed by atoms with Gasteiger partial charge in [-0.2, -0.15) is 4.98 Å². The van der Waals surface area contributed by atoms with Crippen LogP contribution in [0, 0.1) is 12.7 Å². The first-order valence-electron chi connectivity index (χ1n) is 12.1. The van der Waals surface area contributed by atoms with E-state index < -0.39 is 5.82 Å². The molecule has 2 aromatic carbocycles. The molecule has 1 saturated heterocycles. The number of nitrogens with zero attached hydrogens (tertiary/aromatic N) is 4. The molecule has 0 N–H and O–H groups in total. The van der Waals surface area contributed by atoms with Gasteiger partial charge >= 0.3 is 5.49 Å². The Morgan fingerprint density at radius 3 is 2.64 bits per heavy atom. The van der Waals surface area contributed by atoms with E-state index in [0.717, 1.165) is 40.9 Å². The molecule has 0 saturated carbocycles. The number of benzene rings is 2. The molecule has 1 unspecified atom stereocenters. The van der Waals surface area contributed by atoms with Crippen molar-refractivity contribution in [1.82, 2.24) is 14.5 Å². The molecule has 0 spiro atoms. The van der Waals surface area contributed by atoms with Gasteiger partial charge in [0, 0.05) is 13.1 Å². The normalized spacial score (nSPS) is 16.2. The van der Waals surface area contributed by atoms with Crippen LogP contribution in [-0.4, -0.2) is 36.3 Å². The topological polar surface area (TPSA) is 71.5 Å². The lowest BCUT2D eigenvalue weighted by molar-refractivity contribution is 0.122.